The van der Waals surface area contributed by atoms with Gasteiger partial charge in [0.1, 0.15) is 23.4 Å². The monoisotopic (exact) mass is 538 g/mol. The third-order valence-electron chi connectivity index (χ3n) is 6.89. The van der Waals surface area contributed by atoms with Gasteiger partial charge in [0.25, 0.3) is 0 Å². The number of aliphatic hydroxyl groups excluding tert-OH is 2. The normalized spacial score (nSPS) is 15.4. The molecule has 1 amide bonds. The van der Waals surface area contributed by atoms with Crippen molar-refractivity contribution >= 4 is 28.6 Å². The highest BCUT2D eigenvalue weighted by Gasteiger charge is 2.36. The number of H-pyrrole nitrogens is 1. The number of aliphatic hydroxyl groups is 2. The Morgan fingerprint density at radius 3 is 2.45 bits per heavy atom. The number of ether oxygens (including phenoxy) is 2. The van der Waals surface area contributed by atoms with Crippen molar-refractivity contribution in [2.24, 2.45) is 5.41 Å². The molecule has 1 aromatic heterocycles. The summed E-state index contributed by atoms with van der Waals surface area (Å²) in [7, 11) is 0. The maximum atomic E-state index is 13.4. The van der Waals surface area contributed by atoms with E-state index in [1.807, 2.05) is 30.3 Å². The fraction of sp³-hybridized carbons (Fsp3) is 0.276. The van der Waals surface area contributed by atoms with Crippen LogP contribution in [0, 0.1) is 11.2 Å². The Morgan fingerprint density at radius 1 is 1.08 bits per heavy atom. The molecule has 198 valence electrons. The molecule has 0 saturated carbocycles. The van der Waals surface area contributed by atoms with Gasteiger partial charge in [0.15, 0.2) is 0 Å². The molecule has 1 aliphatic heterocycles. The largest absolute Gasteiger partial charge is 0.493 e. The molecule has 3 N–H and O–H groups in total. The molecule has 0 bridgehead atoms. The summed E-state index contributed by atoms with van der Waals surface area (Å²) in [5.41, 5.74) is 2.94. The number of carbonyl (C=O) groups is 1. The minimum absolute atomic E-state index is 0.145. The van der Waals surface area contributed by atoms with Crippen molar-refractivity contribution in [1.29, 1.82) is 0 Å². The van der Waals surface area contributed by atoms with Crippen LogP contribution < -0.4 is 9.47 Å². The van der Waals surface area contributed by atoms with Gasteiger partial charge in [-0.3, -0.25) is 4.90 Å². The molecule has 1 aliphatic rings. The van der Waals surface area contributed by atoms with Crippen molar-refractivity contribution in [2.75, 3.05) is 26.4 Å². The molecule has 0 aliphatic carbocycles. The second kappa shape index (κ2) is 10.6. The van der Waals surface area contributed by atoms with Crippen molar-refractivity contribution in [1.82, 2.24) is 9.88 Å². The van der Waals surface area contributed by atoms with Gasteiger partial charge in [-0.25, -0.2) is 9.18 Å². The van der Waals surface area contributed by atoms with Crippen molar-refractivity contribution in [2.45, 2.75) is 19.4 Å². The van der Waals surface area contributed by atoms with Crippen LogP contribution in [0.4, 0.5) is 9.18 Å². The van der Waals surface area contributed by atoms with Gasteiger partial charge in [0.2, 0.25) is 0 Å². The van der Waals surface area contributed by atoms with Crippen molar-refractivity contribution in [3.05, 3.63) is 94.4 Å². The Kier molecular flexibility index (Phi) is 7.29. The first kappa shape index (κ1) is 26.0. The topological polar surface area (TPSA) is 95.0 Å². The molecule has 5 rings (SSSR count). The Morgan fingerprint density at radius 2 is 1.76 bits per heavy atom. The minimum Gasteiger partial charge on any atom is -0.493 e. The number of aromatic amines is 1. The number of aromatic nitrogens is 1. The highest BCUT2D eigenvalue weighted by atomic mass is 35.5. The van der Waals surface area contributed by atoms with Gasteiger partial charge in [0, 0.05) is 33.6 Å². The lowest BCUT2D eigenvalue weighted by Gasteiger charge is -2.35. The zero-order chi connectivity index (χ0) is 26.9. The molecule has 9 heteroatoms. The molecule has 4 aromatic rings. The first-order valence-corrected chi connectivity index (χ1v) is 12.7. The number of hydrogen-bond donors (Lipinski definition) is 3. The van der Waals surface area contributed by atoms with Crippen LogP contribution in [-0.4, -0.2) is 52.6 Å². The maximum Gasteiger partial charge on any atom is 0.416 e. The lowest BCUT2D eigenvalue weighted by Crippen LogP contribution is -2.42. The van der Waals surface area contributed by atoms with E-state index in [4.69, 9.17) is 21.1 Å². The van der Waals surface area contributed by atoms with E-state index in [2.05, 4.69) is 4.98 Å². The number of rotatable bonds is 7. The van der Waals surface area contributed by atoms with Crippen LogP contribution >= 0.6 is 11.6 Å². The predicted molar refractivity (Wildman–Crippen MR) is 142 cm³/mol. The standard InChI is InChI=1S/C29H28ClFN2O5/c1-29(15-34,16-35)17-37-21-7-2-18(3-8-21)27-26-23(24-14-19(30)4-11-25(24)32-26)12-13-33(27)28(36)38-22-9-5-20(31)6-10-22/h2-11,14,27,32,34-35H,12-13,15-17H2,1H3. The molecule has 0 saturated heterocycles. The molecule has 1 atom stereocenters. The number of hydrogen-bond acceptors (Lipinski definition) is 5. The van der Waals surface area contributed by atoms with Gasteiger partial charge >= 0.3 is 6.09 Å². The number of amides is 1. The fourth-order valence-corrected chi connectivity index (χ4v) is 4.78. The van der Waals surface area contributed by atoms with E-state index < -0.39 is 23.4 Å². The zero-order valence-electron chi connectivity index (χ0n) is 20.8. The highest BCUT2D eigenvalue weighted by molar-refractivity contribution is 6.31. The van der Waals surface area contributed by atoms with Gasteiger partial charge < -0.3 is 24.7 Å². The van der Waals surface area contributed by atoms with Crippen molar-refractivity contribution < 1.29 is 28.9 Å². The third kappa shape index (κ3) is 5.20. The van der Waals surface area contributed by atoms with Crippen LogP contribution in [0.2, 0.25) is 5.02 Å². The van der Waals surface area contributed by atoms with Gasteiger partial charge in [-0.1, -0.05) is 30.7 Å². The Balaban J connectivity index is 1.48. The van der Waals surface area contributed by atoms with Crippen LogP contribution in [0.1, 0.15) is 29.8 Å². The quantitative estimate of drug-likeness (QED) is 0.290. The third-order valence-corrected chi connectivity index (χ3v) is 7.12. The SMILES string of the molecule is CC(CO)(CO)COc1ccc(C2c3[nH]c4ccc(Cl)cc4c3CCN2C(=O)Oc2ccc(F)cc2)cc1. The van der Waals surface area contributed by atoms with Crippen LogP contribution in [-0.2, 0) is 6.42 Å². The van der Waals surface area contributed by atoms with Crippen LogP contribution in [0.15, 0.2) is 66.7 Å². The predicted octanol–water partition coefficient (Wildman–Crippen LogP) is 5.48. The van der Waals surface area contributed by atoms with Crippen LogP contribution in [0.25, 0.3) is 10.9 Å². The molecule has 2 heterocycles. The Labute approximate surface area is 224 Å². The number of nitrogens with zero attached hydrogens (tertiary/aromatic N) is 1. The summed E-state index contributed by atoms with van der Waals surface area (Å²) in [5.74, 6) is 0.411. The van der Waals surface area contributed by atoms with Crippen LogP contribution in [0.5, 0.6) is 11.5 Å². The number of nitrogens with one attached hydrogen (secondary N) is 1. The summed E-state index contributed by atoms with van der Waals surface area (Å²) < 4.78 is 24.8. The molecule has 7 nitrogen and oxygen atoms in total. The summed E-state index contributed by atoms with van der Waals surface area (Å²) in [6.07, 6.45) is 0.0539. The molecule has 0 radical (unpaired) electrons. The number of fused-ring (bicyclic) bond motifs is 3. The summed E-state index contributed by atoms with van der Waals surface area (Å²) in [5, 5.41) is 20.7. The van der Waals surface area contributed by atoms with E-state index in [1.165, 1.54) is 24.3 Å². The van der Waals surface area contributed by atoms with Gasteiger partial charge in [-0.15, -0.1) is 0 Å². The number of benzene rings is 3. The molecular formula is C29H28ClFN2O5. The van der Waals surface area contributed by atoms with Gasteiger partial charge in [-0.2, -0.15) is 0 Å². The first-order valence-electron chi connectivity index (χ1n) is 12.3. The summed E-state index contributed by atoms with van der Waals surface area (Å²) in [6.45, 7) is 1.87. The van der Waals surface area contributed by atoms with Gasteiger partial charge in [0.05, 0.1) is 19.8 Å². The summed E-state index contributed by atoms with van der Waals surface area (Å²) in [4.78, 5) is 18.5. The lowest BCUT2D eigenvalue weighted by molar-refractivity contribution is 0.0287. The number of halogens is 2. The molecule has 0 spiro atoms. The van der Waals surface area contributed by atoms with E-state index in [1.54, 1.807) is 24.0 Å². The summed E-state index contributed by atoms with van der Waals surface area (Å²) >= 11 is 6.28. The van der Waals surface area contributed by atoms with Crippen molar-refractivity contribution in [3.63, 3.8) is 0 Å². The molecule has 38 heavy (non-hydrogen) atoms. The second-order valence-electron chi connectivity index (χ2n) is 9.86. The molecular weight excluding hydrogens is 511 g/mol. The number of carbonyl (C=O) groups excluding carboxylic acids is 1. The zero-order valence-corrected chi connectivity index (χ0v) is 21.5. The first-order chi connectivity index (χ1) is 18.3. The smallest absolute Gasteiger partial charge is 0.416 e. The maximum absolute atomic E-state index is 13.4. The molecule has 0 fully saturated rings. The minimum atomic E-state index is -0.760. The van der Waals surface area contributed by atoms with E-state index in [0.29, 0.717) is 23.7 Å². The van der Waals surface area contributed by atoms with E-state index >= 15 is 0 Å². The Hall–Kier alpha value is -3.59. The van der Waals surface area contributed by atoms with Gasteiger partial charge in [-0.05, 0) is 72.1 Å². The fourth-order valence-electron chi connectivity index (χ4n) is 4.61. The summed E-state index contributed by atoms with van der Waals surface area (Å²) in [6, 6.07) is 17.8. The second-order valence-corrected chi connectivity index (χ2v) is 10.3. The molecule has 3 aromatic carbocycles. The Bertz CT molecular complexity index is 1430. The molecule has 1 unspecified atom stereocenters. The highest BCUT2D eigenvalue weighted by Crippen LogP contribution is 2.40. The van der Waals surface area contributed by atoms with E-state index in [-0.39, 0.29) is 25.6 Å². The van der Waals surface area contributed by atoms with E-state index in [0.717, 1.165) is 27.7 Å². The van der Waals surface area contributed by atoms with Crippen LogP contribution in [0.3, 0.4) is 0 Å². The van der Waals surface area contributed by atoms with Crippen molar-refractivity contribution in [3.8, 4) is 11.5 Å². The van der Waals surface area contributed by atoms with E-state index in [9.17, 15) is 19.4 Å². The lowest BCUT2D eigenvalue weighted by atomic mass is 9.92. The average Bonchev–Trinajstić information content (AvgIpc) is 3.30. The average molecular weight is 539 g/mol.